The van der Waals surface area contributed by atoms with Gasteiger partial charge in [0.25, 0.3) is 0 Å². The van der Waals surface area contributed by atoms with Crippen molar-refractivity contribution in [3.63, 3.8) is 0 Å². The van der Waals surface area contributed by atoms with Crippen LogP contribution in [0.5, 0.6) is 0 Å². The fraction of sp³-hybridized carbons (Fsp3) is 0.200. The fourth-order valence-electron chi connectivity index (χ4n) is 1.22. The van der Waals surface area contributed by atoms with Gasteiger partial charge in [0.1, 0.15) is 0 Å². The minimum absolute atomic E-state index is 1.19. The second-order valence-corrected chi connectivity index (χ2v) is 3.20. The van der Waals surface area contributed by atoms with Gasteiger partial charge in [0.2, 0.25) is 0 Å². The lowest BCUT2D eigenvalue weighted by Gasteiger charge is -1.93. The summed E-state index contributed by atoms with van der Waals surface area (Å²) in [6, 6.07) is 2.16. The predicted molar refractivity (Wildman–Crippen MR) is 58.3 cm³/mol. The molecule has 1 aromatic heterocycles. The van der Waals surface area contributed by atoms with Gasteiger partial charge in [-0.3, -0.25) is 0 Å². The first-order chi connectivity index (χ1) is 5.70. The van der Waals surface area contributed by atoms with Crippen LogP contribution < -0.4 is 10.6 Å². The first kappa shape index (κ1) is 9.28. The quantitative estimate of drug-likeness (QED) is 0.571. The van der Waals surface area contributed by atoms with E-state index in [4.69, 9.17) is 0 Å². The summed E-state index contributed by atoms with van der Waals surface area (Å²) < 4.78 is 2.08. The summed E-state index contributed by atoms with van der Waals surface area (Å²) >= 11 is 0. The van der Waals surface area contributed by atoms with E-state index in [0.717, 1.165) is 0 Å². The van der Waals surface area contributed by atoms with Gasteiger partial charge in [-0.25, -0.2) is 0 Å². The summed E-state index contributed by atoms with van der Waals surface area (Å²) in [6.45, 7) is 7.82. The molecule has 0 radical (unpaired) electrons. The maximum atomic E-state index is 3.69. The summed E-state index contributed by atoms with van der Waals surface area (Å²) in [5.74, 6) is 0. The normalized spacial score (nSPS) is 13.9. The Morgan fingerprint density at radius 1 is 1.58 bits per heavy atom. The smallest absolute Gasteiger partial charge is 0.0508 e. The Morgan fingerprint density at radius 2 is 2.25 bits per heavy atom. The van der Waals surface area contributed by atoms with E-state index in [0.29, 0.717) is 0 Å². The molecule has 0 aromatic carbocycles. The first-order valence-electron chi connectivity index (χ1n) is 3.93. The lowest BCUT2D eigenvalue weighted by atomic mass is 10.3. The van der Waals surface area contributed by atoms with Gasteiger partial charge in [0.05, 0.1) is 5.35 Å². The van der Waals surface area contributed by atoms with Crippen molar-refractivity contribution in [1.29, 1.82) is 0 Å². The molecular weight excluding hydrogens is 165 g/mol. The fourth-order valence-corrected chi connectivity index (χ4v) is 1.53. The van der Waals surface area contributed by atoms with Crippen LogP contribution in [0.2, 0.25) is 0 Å². The summed E-state index contributed by atoms with van der Waals surface area (Å²) in [4.78, 5) is 0. The van der Waals surface area contributed by atoms with E-state index < -0.39 is 0 Å². The molecule has 0 bridgehead atoms. The first-order valence-corrected chi connectivity index (χ1v) is 4.45. The maximum absolute atomic E-state index is 3.69. The van der Waals surface area contributed by atoms with Crippen molar-refractivity contribution in [2.24, 2.45) is 0 Å². The van der Waals surface area contributed by atoms with Crippen molar-refractivity contribution in [2.45, 2.75) is 13.8 Å². The molecule has 0 spiro atoms. The molecule has 2 heteroatoms. The molecule has 0 fully saturated rings. The number of aromatic nitrogens is 1. The molecule has 12 heavy (non-hydrogen) atoms. The molecule has 64 valence electrons. The van der Waals surface area contributed by atoms with E-state index in [1.807, 2.05) is 19.1 Å². The topological polar surface area (TPSA) is 4.93 Å². The molecule has 0 saturated heterocycles. The van der Waals surface area contributed by atoms with Gasteiger partial charge < -0.3 is 4.34 Å². The summed E-state index contributed by atoms with van der Waals surface area (Å²) in [5, 5.41) is 2.44. The molecule has 0 saturated carbocycles. The van der Waals surface area contributed by atoms with Crippen LogP contribution in [0.4, 0.5) is 0 Å². The molecule has 1 aromatic rings. The number of rotatable bonds is 1. The van der Waals surface area contributed by atoms with E-state index >= 15 is 0 Å². The second kappa shape index (κ2) is 3.73. The highest BCUT2D eigenvalue weighted by atomic mass is 31.0. The van der Waals surface area contributed by atoms with Crippen molar-refractivity contribution in [2.75, 3.05) is 0 Å². The molecule has 0 amide bonds. The predicted octanol–water partition coefficient (Wildman–Crippen LogP) is 1.20. The number of nitrogens with zero attached hydrogens (tertiary/aromatic N) is 1. The molecule has 1 unspecified atom stereocenters. The minimum Gasteiger partial charge on any atom is -0.329 e. The van der Waals surface area contributed by atoms with Crippen molar-refractivity contribution in [3.05, 3.63) is 35.0 Å². The van der Waals surface area contributed by atoms with Gasteiger partial charge in [-0.05, 0) is 40.6 Å². The summed E-state index contributed by atoms with van der Waals surface area (Å²) in [7, 11) is 2.69. The zero-order valence-corrected chi connectivity index (χ0v) is 8.70. The van der Waals surface area contributed by atoms with E-state index in [-0.39, 0.29) is 0 Å². The third kappa shape index (κ3) is 1.51. The highest BCUT2D eigenvalue weighted by molar-refractivity contribution is 7.14. The Labute approximate surface area is 75.4 Å². The van der Waals surface area contributed by atoms with Crippen molar-refractivity contribution in [1.82, 2.24) is 4.34 Å². The van der Waals surface area contributed by atoms with Crippen LogP contribution in [0.25, 0.3) is 12.2 Å². The Hall–Kier alpha value is -0.810. The van der Waals surface area contributed by atoms with Crippen LogP contribution in [0.15, 0.2) is 18.7 Å². The van der Waals surface area contributed by atoms with Crippen molar-refractivity contribution < 1.29 is 0 Å². The molecule has 1 nitrogen and oxygen atoms in total. The number of hydrogen-bond acceptors (Lipinski definition) is 0. The highest BCUT2D eigenvalue weighted by Gasteiger charge is 1.94. The molecule has 0 N–H and O–H groups in total. The highest BCUT2D eigenvalue weighted by Crippen LogP contribution is 1.94. The van der Waals surface area contributed by atoms with Crippen LogP contribution in [-0.2, 0) is 0 Å². The number of allylic oxidation sites excluding steroid dienone is 1. The monoisotopic (exact) mass is 179 g/mol. The van der Waals surface area contributed by atoms with Crippen LogP contribution in [0.3, 0.4) is 0 Å². The van der Waals surface area contributed by atoms with Gasteiger partial charge >= 0.3 is 0 Å². The minimum atomic E-state index is 1.19. The molecule has 0 aliphatic carbocycles. The molecule has 0 aliphatic rings. The molecule has 1 heterocycles. The van der Waals surface area contributed by atoms with E-state index in [1.165, 1.54) is 16.3 Å². The molecule has 1 rings (SSSR count). The zero-order chi connectivity index (χ0) is 9.14. The van der Waals surface area contributed by atoms with E-state index in [2.05, 4.69) is 39.4 Å². The standard InChI is InChI=1S/C10H14NP/c1-4-6-10-9(5-2)7-8(3)11(10)12/h4-7H,1,12H2,2-3H3/b9-5-,10-6+. The van der Waals surface area contributed by atoms with Gasteiger partial charge in [0.15, 0.2) is 0 Å². The Balaban J connectivity index is 3.64. The number of aryl methyl sites for hydroxylation is 1. The average molecular weight is 179 g/mol. The Bertz CT molecular complexity index is 398. The van der Waals surface area contributed by atoms with Gasteiger partial charge in [-0.15, -0.1) is 0 Å². The van der Waals surface area contributed by atoms with E-state index in [1.54, 1.807) is 0 Å². The molecular formula is C10H14NP. The summed E-state index contributed by atoms with van der Waals surface area (Å²) in [5.41, 5.74) is 1.24. The second-order valence-electron chi connectivity index (χ2n) is 2.69. The lowest BCUT2D eigenvalue weighted by Crippen LogP contribution is -2.24. The summed E-state index contributed by atoms with van der Waals surface area (Å²) in [6.07, 6.45) is 5.92. The number of hydrogen-bond donors (Lipinski definition) is 0. The SMILES string of the molecule is C=C/C=c1\c(=C/C)cc(C)n1P. The maximum Gasteiger partial charge on any atom is 0.0508 e. The molecule has 1 atom stereocenters. The zero-order valence-electron chi connectivity index (χ0n) is 7.54. The van der Waals surface area contributed by atoms with Crippen molar-refractivity contribution >= 4 is 21.5 Å². The van der Waals surface area contributed by atoms with Gasteiger partial charge in [-0.1, -0.05) is 18.7 Å². The molecule has 0 aliphatic heterocycles. The van der Waals surface area contributed by atoms with Gasteiger partial charge in [0, 0.05) is 5.69 Å². The third-order valence-electron chi connectivity index (χ3n) is 1.89. The largest absolute Gasteiger partial charge is 0.329 e. The average Bonchev–Trinajstić information content (AvgIpc) is 2.33. The van der Waals surface area contributed by atoms with Crippen molar-refractivity contribution in [3.8, 4) is 0 Å². The lowest BCUT2D eigenvalue weighted by molar-refractivity contribution is 1.13. The Kier molecular flexibility index (Phi) is 2.88. The Morgan fingerprint density at radius 3 is 2.75 bits per heavy atom. The van der Waals surface area contributed by atoms with Gasteiger partial charge in [-0.2, -0.15) is 0 Å². The van der Waals surface area contributed by atoms with Crippen LogP contribution >= 0.6 is 9.39 Å². The van der Waals surface area contributed by atoms with E-state index in [9.17, 15) is 0 Å². The van der Waals surface area contributed by atoms with Crippen LogP contribution in [-0.4, -0.2) is 4.34 Å². The third-order valence-corrected chi connectivity index (χ3v) is 2.57. The van der Waals surface area contributed by atoms with Crippen LogP contribution in [0, 0.1) is 6.92 Å². The van der Waals surface area contributed by atoms with Crippen LogP contribution in [0.1, 0.15) is 12.6 Å².